The zero-order valence-corrected chi connectivity index (χ0v) is 27.5. The maximum atomic E-state index is 14.2. The highest BCUT2D eigenvalue weighted by atomic mass is 19.4. The fraction of sp³-hybridized carbons (Fsp3) is 0.871. The van der Waals surface area contributed by atoms with E-state index in [0.717, 1.165) is 25.7 Å². The highest BCUT2D eigenvalue weighted by Crippen LogP contribution is 2.47. The first-order valence-electron chi connectivity index (χ1n) is 17.1. The van der Waals surface area contributed by atoms with Crippen molar-refractivity contribution in [2.45, 2.75) is 146 Å². The first-order valence-corrected chi connectivity index (χ1v) is 17.1. The van der Waals surface area contributed by atoms with Crippen LogP contribution in [-0.2, 0) is 19.1 Å². The van der Waals surface area contributed by atoms with Crippen molar-refractivity contribution in [2.24, 2.45) is 17.8 Å². The van der Waals surface area contributed by atoms with Gasteiger partial charge in [0.1, 0.15) is 23.2 Å². The molecule has 5 fully saturated rings. The predicted octanol–water partition coefficient (Wildman–Crippen LogP) is 3.08. The van der Waals surface area contributed by atoms with Gasteiger partial charge >= 0.3 is 18.2 Å². The second-order valence-corrected chi connectivity index (χ2v) is 15.0. The fourth-order valence-electron chi connectivity index (χ4n) is 7.67. The maximum Gasteiger partial charge on any atom is 0.408 e. The summed E-state index contributed by atoms with van der Waals surface area (Å²) in [6.45, 7) is 5.25. The van der Waals surface area contributed by atoms with Crippen LogP contribution in [0.15, 0.2) is 0 Å². The first kappa shape index (κ1) is 35.6. The van der Waals surface area contributed by atoms with Gasteiger partial charge < -0.3 is 25.4 Å². The number of amides is 3. The number of hydrazine groups is 3. The number of rotatable bonds is 4. The van der Waals surface area contributed by atoms with Crippen LogP contribution in [0.3, 0.4) is 0 Å². The SMILES string of the molecule is CC(C)(C)OC(=O)N[C@@H]1CCCCCCC[C@@H]2C[C@]2(C(=O)O)NC(=O)[C@@H]2CC(N3NNC(C4CCC(C(F)(F)F)CC4)N3)CN2C1=O. The van der Waals surface area contributed by atoms with Crippen LogP contribution in [0, 0.1) is 17.8 Å². The van der Waals surface area contributed by atoms with Crippen LogP contribution in [0.1, 0.15) is 104 Å². The van der Waals surface area contributed by atoms with E-state index in [1.54, 1.807) is 25.9 Å². The van der Waals surface area contributed by atoms with Gasteiger partial charge in [0.25, 0.3) is 0 Å². The van der Waals surface area contributed by atoms with Gasteiger partial charge in [-0.1, -0.05) is 32.1 Å². The minimum absolute atomic E-state index is 0.0559. The number of hydrogen-bond donors (Lipinski definition) is 6. The van der Waals surface area contributed by atoms with Crippen LogP contribution >= 0.6 is 0 Å². The van der Waals surface area contributed by atoms with Gasteiger partial charge in [-0.05, 0) is 84.0 Å². The van der Waals surface area contributed by atoms with E-state index in [-0.39, 0.29) is 43.8 Å². The van der Waals surface area contributed by atoms with Gasteiger partial charge in [-0.2, -0.15) is 23.8 Å². The van der Waals surface area contributed by atoms with Gasteiger partial charge in [0, 0.05) is 6.54 Å². The number of alkyl carbamates (subject to hydrolysis) is 1. The normalized spacial score (nSPS) is 36.4. The standard InChI is InChI=1S/C31H50F3N7O6/c1-29(2,3)47-28(46)35-22-10-8-6-4-5-7-9-20-16-30(20,27(44)45)36-25(42)23-15-21(17-40(23)26(22)43)41-38-24(37-39-41)18-11-13-19(14-12-18)31(32,33)34/h18-24,37-39H,4-17H2,1-3H3,(H,35,46)(H,36,42)(H,44,45)/t18?,19?,20-,21?,22-,23+,24?,30+/m1/s1. The molecule has 0 spiro atoms. The van der Waals surface area contributed by atoms with Crippen molar-refractivity contribution in [3.05, 3.63) is 0 Å². The molecule has 2 unspecified atom stereocenters. The van der Waals surface area contributed by atoms with Crippen molar-refractivity contribution in [1.29, 1.82) is 0 Å². The highest BCUT2D eigenvalue weighted by molar-refractivity contribution is 5.96. The van der Waals surface area contributed by atoms with Gasteiger partial charge in [0.2, 0.25) is 11.8 Å². The summed E-state index contributed by atoms with van der Waals surface area (Å²) in [4.78, 5) is 54.7. The topological polar surface area (TPSA) is 164 Å². The van der Waals surface area contributed by atoms with Crippen molar-refractivity contribution in [2.75, 3.05) is 6.54 Å². The van der Waals surface area contributed by atoms with Gasteiger partial charge in [0.15, 0.2) is 0 Å². The zero-order valence-electron chi connectivity index (χ0n) is 27.5. The smallest absolute Gasteiger partial charge is 0.408 e. The number of fused-ring (bicyclic) bond motifs is 2. The molecular weight excluding hydrogens is 623 g/mol. The van der Waals surface area contributed by atoms with Gasteiger partial charge in [-0.3, -0.25) is 9.59 Å². The number of carbonyl (C=O) groups is 4. The van der Waals surface area contributed by atoms with Crippen LogP contribution in [0.5, 0.6) is 0 Å². The van der Waals surface area contributed by atoms with Gasteiger partial charge in [-0.25, -0.2) is 20.4 Å². The van der Waals surface area contributed by atoms with Gasteiger partial charge in [0.05, 0.1) is 18.1 Å². The third-order valence-electron chi connectivity index (χ3n) is 10.4. The third kappa shape index (κ3) is 8.49. The maximum absolute atomic E-state index is 14.2. The Balaban J connectivity index is 1.33. The summed E-state index contributed by atoms with van der Waals surface area (Å²) >= 11 is 0. The average molecular weight is 674 g/mol. The van der Waals surface area contributed by atoms with Crippen molar-refractivity contribution >= 4 is 23.9 Å². The number of aliphatic carboxylic acids is 1. The lowest BCUT2D eigenvalue weighted by Crippen LogP contribution is -2.56. The highest BCUT2D eigenvalue weighted by Gasteiger charge is 2.62. The number of alkyl halides is 3. The Kier molecular flexibility index (Phi) is 10.6. The molecule has 3 heterocycles. The Morgan fingerprint density at radius 1 is 0.979 bits per heavy atom. The van der Waals surface area contributed by atoms with Crippen LogP contribution in [0.4, 0.5) is 18.0 Å². The molecular formula is C31H50F3N7O6. The molecule has 266 valence electrons. The molecule has 3 amide bonds. The molecule has 0 aromatic rings. The van der Waals surface area contributed by atoms with E-state index in [2.05, 4.69) is 27.0 Å². The third-order valence-corrected chi connectivity index (χ3v) is 10.4. The van der Waals surface area contributed by atoms with E-state index in [4.69, 9.17) is 4.74 Å². The molecule has 0 aromatic carbocycles. The second-order valence-electron chi connectivity index (χ2n) is 15.0. The van der Waals surface area contributed by atoms with E-state index in [9.17, 15) is 37.5 Å². The number of carboxylic acids is 1. The number of nitrogens with one attached hydrogen (secondary N) is 5. The quantitative estimate of drug-likeness (QED) is 0.261. The Morgan fingerprint density at radius 2 is 1.64 bits per heavy atom. The molecule has 16 heteroatoms. The Hall–Kier alpha value is -2.69. The molecule has 5 aliphatic rings. The molecule has 47 heavy (non-hydrogen) atoms. The molecule has 13 nitrogen and oxygen atoms in total. The fourth-order valence-corrected chi connectivity index (χ4v) is 7.67. The number of carbonyl (C=O) groups excluding carboxylic acids is 3. The number of carboxylic acid groups (broad SMARTS) is 1. The van der Waals surface area contributed by atoms with Crippen LogP contribution in [0.25, 0.3) is 0 Å². The summed E-state index contributed by atoms with van der Waals surface area (Å²) in [6, 6.07) is -2.42. The Morgan fingerprint density at radius 3 is 2.28 bits per heavy atom. The molecule has 6 N–H and O–H groups in total. The average Bonchev–Trinajstić information content (AvgIpc) is 3.31. The van der Waals surface area contributed by atoms with E-state index in [1.807, 2.05) is 0 Å². The summed E-state index contributed by atoms with van der Waals surface area (Å²) < 4.78 is 45.1. The lowest BCUT2D eigenvalue weighted by Gasteiger charge is -2.33. The molecule has 2 aliphatic carbocycles. The molecule has 3 aliphatic heterocycles. The van der Waals surface area contributed by atoms with E-state index >= 15 is 0 Å². The van der Waals surface area contributed by atoms with Crippen molar-refractivity contribution in [1.82, 2.24) is 37.0 Å². The predicted molar refractivity (Wildman–Crippen MR) is 163 cm³/mol. The summed E-state index contributed by atoms with van der Waals surface area (Å²) in [5, 5.41) is 17.3. The lowest BCUT2D eigenvalue weighted by molar-refractivity contribution is -0.184. The molecule has 6 atom stereocenters. The van der Waals surface area contributed by atoms with Crippen molar-refractivity contribution in [3.8, 4) is 0 Å². The molecule has 0 aromatic heterocycles. The van der Waals surface area contributed by atoms with Gasteiger partial charge in [-0.15, -0.1) is 0 Å². The number of ether oxygens (including phenoxy) is 1. The Labute approximate surface area is 273 Å². The van der Waals surface area contributed by atoms with Crippen molar-refractivity contribution in [3.63, 3.8) is 0 Å². The van der Waals surface area contributed by atoms with E-state index < -0.39 is 65.2 Å². The summed E-state index contributed by atoms with van der Waals surface area (Å²) in [5.41, 5.74) is 7.27. The lowest BCUT2D eigenvalue weighted by atomic mass is 9.80. The van der Waals surface area contributed by atoms with Crippen molar-refractivity contribution < 1.29 is 42.2 Å². The number of hydrogen-bond acceptors (Lipinski definition) is 9. The van der Waals surface area contributed by atoms with Crippen LogP contribution < -0.4 is 27.0 Å². The molecule has 3 saturated heterocycles. The molecule has 5 rings (SSSR count). The monoisotopic (exact) mass is 673 g/mol. The zero-order chi connectivity index (χ0) is 34.1. The minimum Gasteiger partial charge on any atom is -0.479 e. The summed E-state index contributed by atoms with van der Waals surface area (Å²) in [5.74, 6) is -3.66. The molecule has 0 radical (unpaired) electrons. The second kappa shape index (κ2) is 14.0. The summed E-state index contributed by atoms with van der Waals surface area (Å²) in [7, 11) is 0. The molecule has 2 saturated carbocycles. The molecule has 0 bridgehead atoms. The van der Waals surface area contributed by atoms with Crippen LogP contribution in [-0.4, -0.2) is 87.2 Å². The van der Waals surface area contributed by atoms with E-state index in [0.29, 0.717) is 38.5 Å². The Bertz CT molecular complexity index is 1180. The minimum atomic E-state index is -4.20. The van der Waals surface area contributed by atoms with E-state index in [1.165, 1.54) is 4.90 Å². The number of nitrogens with zero attached hydrogens (tertiary/aromatic N) is 2. The van der Waals surface area contributed by atoms with Crippen LogP contribution in [0.2, 0.25) is 0 Å². The number of halogens is 3. The first-order chi connectivity index (χ1) is 22.1. The summed E-state index contributed by atoms with van der Waals surface area (Å²) in [6.07, 6.45) is 1.26. The largest absolute Gasteiger partial charge is 0.479 e.